The summed E-state index contributed by atoms with van der Waals surface area (Å²) in [6, 6.07) is 10.6. The Kier molecular flexibility index (Phi) is 7.73. The van der Waals surface area contributed by atoms with Gasteiger partial charge in [0.05, 0.1) is 5.02 Å². The highest BCUT2D eigenvalue weighted by atomic mass is 35.5. The third-order valence-corrected chi connectivity index (χ3v) is 7.02. The van der Waals surface area contributed by atoms with Gasteiger partial charge in [-0.25, -0.2) is 9.37 Å². The first-order chi connectivity index (χ1) is 17.0. The molecule has 6 nitrogen and oxygen atoms in total. The molecule has 190 valence electrons. The molecule has 1 aromatic heterocycles. The highest BCUT2D eigenvalue weighted by Gasteiger charge is 2.26. The van der Waals surface area contributed by atoms with Crippen LogP contribution in [0.1, 0.15) is 48.4 Å². The first-order valence-electron chi connectivity index (χ1n) is 11.8. The molecule has 1 fully saturated rings. The Labute approximate surface area is 220 Å². The number of amides is 1. The number of carbonyl (C=O) groups excluding carboxylic acids is 1. The van der Waals surface area contributed by atoms with Gasteiger partial charge in [0.1, 0.15) is 11.9 Å². The summed E-state index contributed by atoms with van der Waals surface area (Å²) in [6.45, 7) is 9.13. The van der Waals surface area contributed by atoms with Gasteiger partial charge in [0.15, 0.2) is 11.6 Å². The van der Waals surface area contributed by atoms with Gasteiger partial charge in [-0.05, 0) is 63.1 Å². The standard InChI is InChI=1S/C27H29Cl2FN4O2/c1-14-9-18(5-6-20(14)27(35)34-12-15(2)33-16(3)13-34)19-10-23(26(31)32-11-19)36-17(4)24-21(28)7-8-22(30)25(24)29/h5-11,15-17,33H,12-13H2,1-4H3,(H2,31,32)/t15-,16+,17?. The molecule has 36 heavy (non-hydrogen) atoms. The molecular formula is C27H29Cl2FN4O2. The van der Waals surface area contributed by atoms with E-state index in [4.69, 9.17) is 33.7 Å². The summed E-state index contributed by atoms with van der Waals surface area (Å²) in [7, 11) is 0. The summed E-state index contributed by atoms with van der Waals surface area (Å²) in [6.07, 6.45) is 0.968. The van der Waals surface area contributed by atoms with E-state index < -0.39 is 11.9 Å². The van der Waals surface area contributed by atoms with Crippen LogP contribution >= 0.6 is 23.2 Å². The molecule has 1 aliphatic heterocycles. The lowest BCUT2D eigenvalue weighted by Gasteiger charge is -2.36. The average Bonchev–Trinajstić information content (AvgIpc) is 2.82. The number of aryl methyl sites for hydroxylation is 1. The molecule has 1 unspecified atom stereocenters. The second-order valence-electron chi connectivity index (χ2n) is 9.33. The molecule has 0 saturated carbocycles. The molecule has 1 aliphatic rings. The molecule has 9 heteroatoms. The summed E-state index contributed by atoms with van der Waals surface area (Å²) in [5.74, 6) is -0.0599. The van der Waals surface area contributed by atoms with Gasteiger partial charge < -0.3 is 20.7 Å². The lowest BCUT2D eigenvalue weighted by atomic mass is 9.99. The molecule has 3 N–H and O–H groups in total. The molecular weight excluding hydrogens is 502 g/mol. The van der Waals surface area contributed by atoms with Gasteiger partial charge in [0.2, 0.25) is 0 Å². The minimum atomic E-state index is -0.675. The Hall–Kier alpha value is -2.87. The Morgan fingerprint density at radius 2 is 1.86 bits per heavy atom. The SMILES string of the molecule is Cc1cc(-c2cnc(N)c(OC(C)c3c(Cl)ccc(F)c3Cl)c2)ccc1C(=O)N1C[C@@H](C)N[C@@H](C)C1. The second-order valence-corrected chi connectivity index (χ2v) is 10.1. The number of piperazine rings is 1. The van der Waals surface area contributed by atoms with E-state index in [1.807, 2.05) is 30.0 Å². The summed E-state index contributed by atoms with van der Waals surface area (Å²) >= 11 is 12.4. The molecule has 0 aliphatic carbocycles. The summed E-state index contributed by atoms with van der Waals surface area (Å²) in [5.41, 5.74) is 9.55. The van der Waals surface area contributed by atoms with Crippen molar-refractivity contribution in [1.29, 1.82) is 0 Å². The summed E-state index contributed by atoms with van der Waals surface area (Å²) in [5, 5.41) is 3.64. The van der Waals surface area contributed by atoms with Gasteiger partial charge in [0, 0.05) is 53.1 Å². The van der Waals surface area contributed by atoms with Crippen LogP contribution < -0.4 is 15.8 Å². The Morgan fingerprint density at radius 3 is 2.53 bits per heavy atom. The third-order valence-electron chi connectivity index (χ3n) is 6.31. The van der Waals surface area contributed by atoms with E-state index in [-0.39, 0.29) is 28.8 Å². The number of nitrogen functional groups attached to an aromatic ring is 1. The minimum Gasteiger partial charge on any atom is -0.482 e. The predicted molar refractivity (Wildman–Crippen MR) is 142 cm³/mol. The number of anilines is 1. The number of carbonyl (C=O) groups is 1. The smallest absolute Gasteiger partial charge is 0.254 e. The lowest BCUT2D eigenvalue weighted by Crippen LogP contribution is -2.55. The van der Waals surface area contributed by atoms with Crippen LogP contribution in [0.3, 0.4) is 0 Å². The van der Waals surface area contributed by atoms with E-state index in [1.165, 1.54) is 12.1 Å². The number of nitrogens with two attached hydrogens (primary N) is 1. The van der Waals surface area contributed by atoms with Crippen molar-refractivity contribution in [3.63, 3.8) is 0 Å². The lowest BCUT2D eigenvalue weighted by molar-refractivity contribution is 0.0673. The number of benzene rings is 2. The number of pyridine rings is 1. The molecule has 0 spiro atoms. The normalized spacial score (nSPS) is 18.7. The topological polar surface area (TPSA) is 80.5 Å². The first kappa shape index (κ1) is 26.2. The minimum absolute atomic E-state index is 0.0244. The first-order valence-corrected chi connectivity index (χ1v) is 12.5. The van der Waals surface area contributed by atoms with Crippen LogP contribution in [0.4, 0.5) is 10.2 Å². The van der Waals surface area contributed by atoms with Gasteiger partial charge in [-0.2, -0.15) is 0 Å². The fourth-order valence-electron chi connectivity index (χ4n) is 4.62. The highest BCUT2D eigenvalue weighted by molar-refractivity contribution is 6.36. The quantitative estimate of drug-likeness (QED) is 0.392. The van der Waals surface area contributed by atoms with E-state index >= 15 is 0 Å². The number of nitrogens with zero attached hydrogens (tertiary/aromatic N) is 2. The molecule has 0 radical (unpaired) electrons. The third kappa shape index (κ3) is 5.43. The van der Waals surface area contributed by atoms with Gasteiger partial charge in [-0.15, -0.1) is 0 Å². The Balaban J connectivity index is 1.58. The number of rotatable bonds is 5. The molecule has 0 bridgehead atoms. The van der Waals surface area contributed by atoms with Crippen molar-refractivity contribution in [2.45, 2.75) is 45.9 Å². The molecule has 1 amide bonds. The van der Waals surface area contributed by atoms with E-state index in [9.17, 15) is 9.18 Å². The molecule has 2 aromatic carbocycles. The zero-order valence-electron chi connectivity index (χ0n) is 20.6. The van der Waals surface area contributed by atoms with Crippen molar-refractivity contribution in [3.05, 3.63) is 75.1 Å². The van der Waals surface area contributed by atoms with E-state index in [1.54, 1.807) is 19.2 Å². The van der Waals surface area contributed by atoms with Crippen LogP contribution in [-0.2, 0) is 0 Å². The maximum Gasteiger partial charge on any atom is 0.254 e. The second kappa shape index (κ2) is 10.6. The number of hydrogen-bond donors (Lipinski definition) is 2. The number of aromatic nitrogens is 1. The number of hydrogen-bond acceptors (Lipinski definition) is 5. The van der Waals surface area contributed by atoms with Crippen LogP contribution in [0, 0.1) is 12.7 Å². The van der Waals surface area contributed by atoms with Crippen LogP contribution in [0.2, 0.25) is 10.0 Å². The largest absolute Gasteiger partial charge is 0.482 e. The van der Waals surface area contributed by atoms with E-state index in [2.05, 4.69) is 24.1 Å². The van der Waals surface area contributed by atoms with Crippen molar-refractivity contribution < 1.29 is 13.9 Å². The van der Waals surface area contributed by atoms with Crippen LogP contribution in [0.15, 0.2) is 42.6 Å². The van der Waals surface area contributed by atoms with Gasteiger partial charge in [0.25, 0.3) is 5.91 Å². The fourth-order valence-corrected chi connectivity index (χ4v) is 5.30. The number of halogens is 3. The van der Waals surface area contributed by atoms with Gasteiger partial charge in [-0.3, -0.25) is 4.79 Å². The zero-order valence-corrected chi connectivity index (χ0v) is 22.1. The number of nitrogens with one attached hydrogen (secondary N) is 1. The summed E-state index contributed by atoms with van der Waals surface area (Å²) in [4.78, 5) is 19.4. The maximum atomic E-state index is 14.0. The van der Waals surface area contributed by atoms with Crippen molar-refractivity contribution >= 4 is 34.9 Å². The van der Waals surface area contributed by atoms with Crippen molar-refractivity contribution in [2.24, 2.45) is 0 Å². The van der Waals surface area contributed by atoms with E-state index in [0.29, 0.717) is 35.0 Å². The molecule has 2 heterocycles. The monoisotopic (exact) mass is 530 g/mol. The van der Waals surface area contributed by atoms with Crippen molar-refractivity contribution in [2.75, 3.05) is 18.8 Å². The van der Waals surface area contributed by atoms with Crippen LogP contribution in [0.5, 0.6) is 5.75 Å². The number of ether oxygens (including phenoxy) is 1. The predicted octanol–water partition coefficient (Wildman–Crippen LogP) is 6.05. The molecule has 3 aromatic rings. The Morgan fingerprint density at radius 1 is 1.17 bits per heavy atom. The van der Waals surface area contributed by atoms with Crippen molar-refractivity contribution in [1.82, 2.24) is 15.2 Å². The zero-order chi connectivity index (χ0) is 26.1. The fraction of sp³-hybridized carbons (Fsp3) is 0.333. The van der Waals surface area contributed by atoms with Crippen molar-refractivity contribution in [3.8, 4) is 16.9 Å². The van der Waals surface area contributed by atoms with Crippen LogP contribution in [0.25, 0.3) is 11.1 Å². The molecule has 3 atom stereocenters. The summed E-state index contributed by atoms with van der Waals surface area (Å²) < 4.78 is 20.0. The molecule has 1 saturated heterocycles. The van der Waals surface area contributed by atoms with Gasteiger partial charge >= 0.3 is 0 Å². The Bertz CT molecular complexity index is 1290. The van der Waals surface area contributed by atoms with E-state index in [0.717, 1.165) is 16.7 Å². The highest BCUT2D eigenvalue weighted by Crippen LogP contribution is 2.37. The molecule has 4 rings (SSSR count). The average molecular weight is 531 g/mol. The maximum absolute atomic E-state index is 14.0. The van der Waals surface area contributed by atoms with Crippen LogP contribution in [-0.4, -0.2) is 41.0 Å². The van der Waals surface area contributed by atoms with Gasteiger partial charge in [-0.1, -0.05) is 35.3 Å².